The van der Waals surface area contributed by atoms with Gasteiger partial charge in [-0.2, -0.15) is 0 Å². The van der Waals surface area contributed by atoms with E-state index in [1.807, 2.05) is 60.7 Å². The highest BCUT2D eigenvalue weighted by Gasteiger charge is 2.25. The van der Waals surface area contributed by atoms with Crippen LogP contribution in [0.2, 0.25) is 0 Å². The number of nitrogens with zero attached hydrogens (tertiary/aromatic N) is 1. The first-order chi connectivity index (χ1) is 14.1. The zero-order valence-corrected chi connectivity index (χ0v) is 16.3. The van der Waals surface area contributed by atoms with Crippen LogP contribution in [0.4, 0.5) is 5.69 Å². The number of nitro benzene ring substituents is 1. The number of hydrogen-bond acceptors (Lipinski definition) is 4. The molecule has 29 heavy (non-hydrogen) atoms. The van der Waals surface area contributed by atoms with Gasteiger partial charge in [0.25, 0.3) is 5.69 Å². The highest BCUT2D eigenvalue weighted by Crippen LogP contribution is 2.46. The minimum Gasteiger partial charge on any atom is -0.487 e. The van der Waals surface area contributed by atoms with E-state index in [0.717, 1.165) is 33.4 Å². The molecule has 4 rings (SSSR count). The monoisotopic (exact) mass is 406 g/mol. The van der Waals surface area contributed by atoms with Gasteiger partial charge in [-0.1, -0.05) is 42.5 Å². The van der Waals surface area contributed by atoms with Gasteiger partial charge in [-0.15, -0.1) is 11.6 Å². The topological polar surface area (TPSA) is 78.4 Å². The first-order valence-corrected chi connectivity index (χ1v) is 9.78. The Balaban J connectivity index is 1.87. The van der Waals surface area contributed by atoms with E-state index in [0.29, 0.717) is 18.2 Å². The number of hydrogen-bond donors (Lipinski definition) is 1. The number of alkyl halides is 1. The first-order valence-electron chi connectivity index (χ1n) is 9.24. The maximum absolute atomic E-state index is 11.3. The molecule has 0 unspecified atom stereocenters. The molecule has 1 aliphatic carbocycles. The van der Waals surface area contributed by atoms with Gasteiger partial charge in [0.1, 0.15) is 11.9 Å². The van der Waals surface area contributed by atoms with E-state index in [1.165, 1.54) is 0 Å². The number of ether oxygens (including phenoxy) is 1. The van der Waals surface area contributed by atoms with Gasteiger partial charge < -0.3 is 10.5 Å². The number of nitro groups is 1. The molecule has 6 heteroatoms. The third-order valence-electron chi connectivity index (χ3n) is 4.96. The fourth-order valence-corrected chi connectivity index (χ4v) is 3.73. The summed E-state index contributed by atoms with van der Waals surface area (Å²) in [6.07, 6.45) is 1.71. The van der Waals surface area contributed by atoms with E-state index in [1.54, 1.807) is 12.1 Å². The van der Waals surface area contributed by atoms with Gasteiger partial charge in [0.15, 0.2) is 0 Å². The van der Waals surface area contributed by atoms with Crippen LogP contribution in [0.5, 0.6) is 5.75 Å². The molecule has 3 aromatic rings. The van der Waals surface area contributed by atoms with Crippen LogP contribution in [-0.2, 0) is 0 Å². The number of benzene rings is 3. The zero-order valence-electron chi connectivity index (χ0n) is 15.5. The summed E-state index contributed by atoms with van der Waals surface area (Å²) < 4.78 is 5.98. The lowest BCUT2D eigenvalue weighted by Crippen LogP contribution is -2.28. The van der Waals surface area contributed by atoms with Crippen LogP contribution in [0.3, 0.4) is 0 Å². The van der Waals surface area contributed by atoms with Crippen molar-refractivity contribution in [3.8, 4) is 16.9 Å². The van der Waals surface area contributed by atoms with Crippen molar-refractivity contribution in [2.24, 2.45) is 5.73 Å². The Morgan fingerprint density at radius 2 is 1.69 bits per heavy atom. The molecule has 0 amide bonds. The average Bonchev–Trinajstić information content (AvgIpc) is 3.06. The fraction of sp³-hybridized carbons (Fsp3) is 0.130. The van der Waals surface area contributed by atoms with E-state index < -0.39 is 0 Å². The van der Waals surface area contributed by atoms with Crippen LogP contribution in [0.15, 0.2) is 66.7 Å². The molecule has 5 nitrogen and oxygen atoms in total. The van der Waals surface area contributed by atoms with E-state index >= 15 is 0 Å². The fourth-order valence-electron chi connectivity index (χ4n) is 3.54. The van der Waals surface area contributed by atoms with Gasteiger partial charge in [0.05, 0.1) is 10.8 Å². The minimum atomic E-state index is -0.371. The maximum Gasteiger partial charge on any atom is 0.270 e. The molecule has 146 valence electrons. The number of rotatable bonds is 6. The van der Waals surface area contributed by atoms with Crippen molar-refractivity contribution in [3.63, 3.8) is 0 Å². The third-order valence-corrected chi connectivity index (χ3v) is 5.30. The summed E-state index contributed by atoms with van der Waals surface area (Å²) in [6.45, 7) is 0.312. The number of non-ortho nitro benzene ring substituents is 1. The Labute approximate surface area is 173 Å². The van der Waals surface area contributed by atoms with E-state index in [9.17, 15) is 10.1 Å². The number of nitrogens with two attached hydrogens (primary N) is 1. The molecule has 0 saturated heterocycles. The second kappa shape index (κ2) is 8.07. The Morgan fingerprint density at radius 1 is 1.00 bits per heavy atom. The van der Waals surface area contributed by atoms with Crippen LogP contribution in [-0.4, -0.2) is 23.5 Å². The molecular weight excluding hydrogens is 388 g/mol. The standard InChI is InChI=1S/C23H19ClN2O3/c24-13-17(14-25)29-23-8-4-1-5-15(23)11-21-19-7-3-2-6-18(19)20-10-9-16(26(27)28)12-22(20)21/h1-12,17H,13-14,25H2/b21-11+/t17-/m1/s1. The summed E-state index contributed by atoms with van der Waals surface area (Å²) in [5.41, 5.74) is 11.5. The maximum atomic E-state index is 11.3. The Bertz CT molecular complexity index is 1110. The summed E-state index contributed by atoms with van der Waals surface area (Å²) in [5, 5.41) is 11.3. The van der Waals surface area contributed by atoms with Gasteiger partial charge in [0.2, 0.25) is 0 Å². The first kappa shape index (κ1) is 19.2. The third kappa shape index (κ3) is 3.62. The summed E-state index contributed by atoms with van der Waals surface area (Å²) in [6, 6.07) is 20.6. The van der Waals surface area contributed by atoms with Gasteiger partial charge in [-0.3, -0.25) is 10.1 Å². The van der Waals surface area contributed by atoms with Gasteiger partial charge >= 0.3 is 0 Å². The second-order valence-electron chi connectivity index (χ2n) is 6.76. The van der Waals surface area contributed by atoms with Crippen molar-refractivity contribution in [2.75, 3.05) is 12.4 Å². The molecule has 0 fully saturated rings. The number of fused-ring (bicyclic) bond motifs is 3. The largest absolute Gasteiger partial charge is 0.487 e. The van der Waals surface area contributed by atoms with Gasteiger partial charge in [-0.05, 0) is 46.0 Å². The van der Waals surface area contributed by atoms with E-state index in [2.05, 4.69) is 0 Å². The predicted molar refractivity (Wildman–Crippen MR) is 116 cm³/mol. The van der Waals surface area contributed by atoms with Crippen LogP contribution < -0.4 is 10.5 Å². The zero-order chi connectivity index (χ0) is 20.4. The van der Waals surface area contributed by atoms with Crippen molar-refractivity contribution < 1.29 is 9.66 Å². The minimum absolute atomic E-state index is 0.0670. The second-order valence-corrected chi connectivity index (χ2v) is 7.07. The molecule has 0 aromatic heterocycles. The molecule has 0 saturated carbocycles. The molecule has 0 aliphatic heterocycles. The van der Waals surface area contributed by atoms with E-state index in [-0.39, 0.29) is 16.7 Å². The summed E-state index contributed by atoms with van der Waals surface area (Å²) in [7, 11) is 0. The van der Waals surface area contributed by atoms with Crippen molar-refractivity contribution in [1.82, 2.24) is 0 Å². The van der Waals surface area contributed by atoms with Crippen LogP contribution >= 0.6 is 11.6 Å². The SMILES string of the molecule is NC[C@@H](CCl)Oc1ccccc1/C=C1\c2ccccc2-c2ccc([N+](=O)[O-])cc21. The van der Waals surface area contributed by atoms with Crippen LogP contribution in [0, 0.1) is 10.1 Å². The lowest BCUT2D eigenvalue weighted by molar-refractivity contribution is -0.384. The predicted octanol–water partition coefficient (Wildman–Crippen LogP) is 5.11. The van der Waals surface area contributed by atoms with Crippen molar-refractivity contribution in [1.29, 1.82) is 0 Å². The molecule has 2 N–H and O–H groups in total. The molecule has 0 bridgehead atoms. The molecule has 0 radical (unpaired) electrons. The molecule has 1 atom stereocenters. The molecule has 1 aliphatic rings. The Kier molecular flexibility index (Phi) is 5.34. The quantitative estimate of drug-likeness (QED) is 0.274. The number of para-hydroxylation sites is 1. The molecule has 0 spiro atoms. The lowest BCUT2D eigenvalue weighted by Gasteiger charge is -2.16. The highest BCUT2D eigenvalue weighted by molar-refractivity contribution is 6.18. The summed E-state index contributed by atoms with van der Waals surface area (Å²) >= 11 is 5.94. The van der Waals surface area contributed by atoms with Gasteiger partial charge in [0, 0.05) is 24.2 Å². The summed E-state index contributed by atoms with van der Waals surface area (Å²) in [5.74, 6) is 0.965. The van der Waals surface area contributed by atoms with E-state index in [4.69, 9.17) is 22.1 Å². The Hall–Kier alpha value is -3.15. The Morgan fingerprint density at radius 3 is 2.41 bits per heavy atom. The van der Waals surface area contributed by atoms with Crippen molar-refractivity contribution in [2.45, 2.75) is 6.10 Å². The molecular formula is C23H19ClN2O3. The highest BCUT2D eigenvalue weighted by atomic mass is 35.5. The van der Waals surface area contributed by atoms with Crippen LogP contribution in [0.25, 0.3) is 22.8 Å². The number of halogens is 1. The van der Waals surface area contributed by atoms with Crippen molar-refractivity contribution >= 4 is 28.9 Å². The van der Waals surface area contributed by atoms with Crippen LogP contribution in [0.1, 0.15) is 16.7 Å². The van der Waals surface area contributed by atoms with Gasteiger partial charge in [-0.25, -0.2) is 0 Å². The molecule has 3 aromatic carbocycles. The smallest absolute Gasteiger partial charge is 0.270 e. The lowest BCUT2D eigenvalue weighted by atomic mass is 10.0. The summed E-state index contributed by atoms with van der Waals surface area (Å²) in [4.78, 5) is 11.0. The van der Waals surface area contributed by atoms with Crippen molar-refractivity contribution in [3.05, 3.63) is 93.5 Å². The average molecular weight is 407 g/mol. The molecule has 0 heterocycles. The normalized spacial score (nSPS) is 14.3.